The summed E-state index contributed by atoms with van der Waals surface area (Å²) in [5, 5.41) is 28.5. The van der Waals surface area contributed by atoms with E-state index in [1.165, 1.54) is 6.20 Å². The predicted molar refractivity (Wildman–Crippen MR) is 71.7 cm³/mol. The SMILES string of the molecule is O=c1[nH]c(=O)n([C@H]2C[C@H](O)[C@@H](CO)O2)cc1C(O)CBr. The van der Waals surface area contributed by atoms with Crippen molar-refractivity contribution in [3.8, 4) is 0 Å². The van der Waals surface area contributed by atoms with Gasteiger partial charge in [-0.05, 0) is 0 Å². The molecule has 0 amide bonds. The molecule has 1 unspecified atom stereocenters. The molecule has 8 nitrogen and oxygen atoms in total. The Balaban J connectivity index is 2.38. The number of aromatic amines is 1. The smallest absolute Gasteiger partial charge is 0.330 e. The van der Waals surface area contributed by atoms with Crippen LogP contribution in [0.1, 0.15) is 24.3 Å². The maximum Gasteiger partial charge on any atom is 0.330 e. The van der Waals surface area contributed by atoms with E-state index in [1.54, 1.807) is 0 Å². The molecule has 112 valence electrons. The van der Waals surface area contributed by atoms with Crippen molar-refractivity contribution in [1.29, 1.82) is 0 Å². The molecule has 1 aromatic rings. The fourth-order valence-electron chi connectivity index (χ4n) is 2.09. The van der Waals surface area contributed by atoms with Crippen molar-refractivity contribution in [1.82, 2.24) is 9.55 Å². The lowest BCUT2D eigenvalue weighted by Gasteiger charge is -2.16. The molecule has 0 radical (unpaired) electrons. The summed E-state index contributed by atoms with van der Waals surface area (Å²) in [6.07, 6.45) is -2.21. The van der Waals surface area contributed by atoms with Gasteiger partial charge >= 0.3 is 5.69 Å². The number of aromatic nitrogens is 2. The van der Waals surface area contributed by atoms with Gasteiger partial charge in [-0.2, -0.15) is 0 Å². The highest BCUT2D eigenvalue weighted by molar-refractivity contribution is 9.09. The number of aliphatic hydroxyl groups is 3. The zero-order valence-electron chi connectivity index (χ0n) is 10.4. The van der Waals surface area contributed by atoms with Gasteiger partial charge in [-0.3, -0.25) is 14.3 Å². The van der Waals surface area contributed by atoms with E-state index in [4.69, 9.17) is 9.84 Å². The van der Waals surface area contributed by atoms with Gasteiger partial charge in [0.25, 0.3) is 5.56 Å². The summed E-state index contributed by atoms with van der Waals surface area (Å²) < 4.78 is 6.44. The van der Waals surface area contributed by atoms with E-state index in [0.717, 1.165) is 4.57 Å². The lowest BCUT2D eigenvalue weighted by atomic mass is 10.2. The largest absolute Gasteiger partial charge is 0.394 e. The van der Waals surface area contributed by atoms with E-state index in [9.17, 15) is 19.8 Å². The molecular formula is C11H15BrN2O6. The summed E-state index contributed by atoms with van der Waals surface area (Å²) in [5.74, 6) is 0. The number of alkyl halides is 1. The Morgan fingerprint density at radius 3 is 2.80 bits per heavy atom. The maximum atomic E-state index is 11.8. The number of aliphatic hydroxyl groups excluding tert-OH is 3. The van der Waals surface area contributed by atoms with Crippen molar-refractivity contribution in [2.24, 2.45) is 0 Å². The molecule has 0 saturated carbocycles. The van der Waals surface area contributed by atoms with Crippen LogP contribution in [-0.2, 0) is 4.74 Å². The van der Waals surface area contributed by atoms with E-state index in [0.29, 0.717) is 0 Å². The average molecular weight is 351 g/mol. The summed E-state index contributed by atoms with van der Waals surface area (Å²) in [4.78, 5) is 25.5. The van der Waals surface area contributed by atoms with Crippen molar-refractivity contribution in [2.75, 3.05) is 11.9 Å². The molecule has 0 aromatic carbocycles. The summed E-state index contributed by atoms with van der Waals surface area (Å²) in [5.41, 5.74) is -1.35. The molecule has 0 aliphatic carbocycles. The molecule has 1 aromatic heterocycles. The number of nitrogens with one attached hydrogen (secondary N) is 1. The normalized spacial score (nSPS) is 27.7. The number of rotatable bonds is 4. The highest BCUT2D eigenvalue weighted by Crippen LogP contribution is 2.27. The minimum atomic E-state index is -1.06. The second-order valence-electron chi connectivity index (χ2n) is 4.54. The molecule has 2 heterocycles. The molecule has 0 spiro atoms. The first-order valence-corrected chi connectivity index (χ1v) is 7.13. The molecule has 20 heavy (non-hydrogen) atoms. The highest BCUT2D eigenvalue weighted by atomic mass is 79.9. The van der Waals surface area contributed by atoms with Gasteiger partial charge in [0.05, 0.1) is 24.4 Å². The van der Waals surface area contributed by atoms with Crippen LogP contribution >= 0.6 is 15.9 Å². The van der Waals surface area contributed by atoms with Crippen LogP contribution in [0.4, 0.5) is 0 Å². The molecule has 0 bridgehead atoms. The summed E-state index contributed by atoms with van der Waals surface area (Å²) in [6.45, 7) is -0.368. The molecule has 1 fully saturated rings. The van der Waals surface area contributed by atoms with E-state index in [1.807, 2.05) is 0 Å². The van der Waals surface area contributed by atoms with Crippen LogP contribution in [-0.4, -0.2) is 49.0 Å². The monoisotopic (exact) mass is 350 g/mol. The van der Waals surface area contributed by atoms with Gasteiger partial charge in [0.1, 0.15) is 12.3 Å². The molecule has 2 rings (SSSR count). The van der Waals surface area contributed by atoms with E-state index >= 15 is 0 Å². The van der Waals surface area contributed by atoms with Gasteiger partial charge in [0, 0.05) is 17.9 Å². The van der Waals surface area contributed by atoms with Crippen LogP contribution < -0.4 is 11.2 Å². The lowest BCUT2D eigenvalue weighted by Crippen LogP contribution is -2.35. The first-order valence-electron chi connectivity index (χ1n) is 6.01. The second-order valence-corrected chi connectivity index (χ2v) is 5.18. The van der Waals surface area contributed by atoms with Gasteiger partial charge in [-0.25, -0.2) is 4.79 Å². The van der Waals surface area contributed by atoms with E-state index < -0.39 is 35.8 Å². The third-order valence-corrected chi connectivity index (χ3v) is 3.81. The number of ether oxygens (including phenoxy) is 1. The Morgan fingerprint density at radius 2 is 2.25 bits per heavy atom. The van der Waals surface area contributed by atoms with Crippen molar-refractivity contribution >= 4 is 15.9 Å². The molecule has 1 saturated heterocycles. The first kappa shape index (κ1) is 15.4. The van der Waals surface area contributed by atoms with Crippen molar-refractivity contribution < 1.29 is 20.1 Å². The van der Waals surface area contributed by atoms with Gasteiger partial charge in [0.15, 0.2) is 0 Å². The van der Waals surface area contributed by atoms with Crippen LogP contribution in [0.2, 0.25) is 0 Å². The topological polar surface area (TPSA) is 125 Å². The van der Waals surface area contributed by atoms with Crippen LogP contribution in [0.25, 0.3) is 0 Å². The Labute approximate surface area is 121 Å². The minimum Gasteiger partial charge on any atom is -0.394 e. The standard InChI is InChI=1S/C11H15BrN2O6/c12-2-7(17)5-3-14(11(19)13-10(5)18)9-1-6(16)8(4-15)20-9/h3,6-9,15-17H,1-2,4H2,(H,13,18,19)/t6-,7?,8+,9+/m0/s1. The summed E-state index contributed by atoms with van der Waals surface area (Å²) in [7, 11) is 0. The van der Waals surface area contributed by atoms with E-state index in [2.05, 4.69) is 20.9 Å². The molecule has 4 atom stereocenters. The van der Waals surface area contributed by atoms with Gasteiger partial charge in [-0.1, -0.05) is 15.9 Å². The predicted octanol–water partition coefficient (Wildman–Crippen LogP) is -1.39. The molecule has 4 N–H and O–H groups in total. The number of nitrogens with zero attached hydrogens (tertiary/aromatic N) is 1. The van der Waals surface area contributed by atoms with Crippen molar-refractivity contribution in [3.05, 3.63) is 32.6 Å². The quantitative estimate of drug-likeness (QED) is 0.495. The Morgan fingerprint density at radius 1 is 1.55 bits per heavy atom. The first-order chi connectivity index (χ1) is 9.47. The fraction of sp³-hybridized carbons (Fsp3) is 0.636. The van der Waals surface area contributed by atoms with Gasteiger partial charge < -0.3 is 20.1 Å². The average Bonchev–Trinajstić information content (AvgIpc) is 2.79. The molecule has 1 aliphatic heterocycles. The van der Waals surface area contributed by atoms with Crippen LogP contribution in [0, 0.1) is 0 Å². The van der Waals surface area contributed by atoms with Crippen molar-refractivity contribution in [3.63, 3.8) is 0 Å². The minimum absolute atomic E-state index is 0.0204. The van der Waals surface area contributed by atoms with Gasteiger partial charge in [0.2, 0.25) is 0 Å². The van der Waals surface area contributed by atoms with Crippen LogP contribution in [0.15, 0.2) is 15.8 Å². The van der Waals surface area contributed by atoms with Crippen LogP contribution in [0.3, 0.4) is 0 Å². The Kier molecular flexibility index (Phi) is 4.76. The molecule has 1 aliphatic rings. The third kappa shape index (κ3) is 2.86. The Bertz CT molecular complexity index is 585. The number of hydrogen-bond acceptors (Lipinski definition) is 6. The number of H-pyrrole nitrogens is 1. The van der Waals surface area contributed by atoms with Crippen molar-refractivity contribution in [2.45, 2.75) is 31.0 Å². The van der Waals surface area contributed by atoms with Crippen LogP contribution in [0.5, 0.6) is 0 Å². The van der Waals surface area contributed by atoms with E-state index in [-0.39, 0.29) is 23.9 Å². The summed E-state index contributed by atoms with van der Waals surface area (Å²) in [6, 6.07) is 0. The fourth-order valence-corrected chi connectivity index (χ4v) is 2.43. The lowest BCUT2D eigenvalue weighted by molar-refractivity contribution is -0.0461. The zero-order chi connectivity index (χ0) is 14.9. The maximum absolute atomic E-state index is 11.8. The third-order valence-electron chi connectivity index (χ3n) is 3.19. The highest BCUT2D eigenvalue weighted by Gasteiger charge is 2.35. The number of hydrogen-bond donors (Lipinski definition) is 4. The zero-order valence-corrected chi connectivity index (χ0v) is 12.0. The van der Waals surface area contributed by atoms with Gasteiger partial charge in [-0.15, -0.1) is 0 Å². The second kappa shape index (κ2) is 6.19. The molecule has 9 heteroatoms. The molecular weight excluding hydrogens is 336 g/mol. The Hall–Kier alpha value is -1.00. The number of halogens is 1. The summed E-state index contributed by atoms with van der Waals surface area (Å²) >= 11 is 3.05.